The van der Waals surface area contributed by atoms with Crippen LogP contribution in [0.3, 0.4) is 0 Å². The van der Waals surface area contributed by atoms with E-state index < -0.39 is 0 Å². The Bertz CT molecular complexity index is 445. The molecular weight excluding hydrogens is 268 g/mol. The van der Waals surface area contributed by atoms with Gasteiger partial charge < -0.3 is 24.4 Å². The van der Waals surface area contributed by atoms with Gasteiger partial charge in [-0.25, -0.2) is 0 Å². The lowest BCUT2D eigenvalue weighted by Gasteiger charge is -2.27. The normalized spacial score (nSPS) is 16.0. The average molecular weight is 294 g/mol. The highest BCUT2D eigenvalue weighted by Gasteiger charge is 2.15. The zero-order valence-corrected chi connectivity index (χ0v) is 13.3. The molecule has 0 aromatic heterocycles. The summed E-state index contributed by atoms with van der Waals surface area (Å²) in [6, 6.07) is 4.14. The van der Waals surface area contributed by atoms with Crippen molar-refractivity contribution in [2.45, 2.75) is 13.0 Å². The van der Waals surface area contributed by atoms with E-state index in [2.05, 4.69) is 16.3 Å². The predicted octanol–water partition coefficient (Wildman–Crippen LogP) is 1.30. The van der Waals surface area contributed by atoms with E-state index in [1.807, 2.05) is 6.07 Å². The minimum Gasteiger partial charge on any atom is -0.493 e. The van der Waals surface area contributed by atoms with Crippen molar-refractivity contribution in [3.63, 3.8) is 0 Å². The summed E-state index contributed by atoms with van der Waals surface area (Å²) in [4.78, 5) is 2.48. The maximum absolute atomic E-state index is 5.54. The van der Waals surface area contributed by atoms with Crippen molar-refractivity contribution in [1.82, 2.24) is 10.2 Å². The van der Waals surface area contributed by atoms with Crippen molar-refractivity contribution in [2.24, 2.45) is 0 Å². The molecule has 0 radical (unpaired) electrons. The molecule has 1 aliphatic heterocycles. The van der Waals surface area contributed by atoms with Gasteiger partial charge in [0.15, 0.2) is 11.5 Å². The second-order valence-electron chi connectivity index (χ2n) is 5.27. The SMILES string of the molecule is COCc1cc(CCN2CCNCC2)c(OC)c(OC)c1. The summed E-state index contributed by atoms with van der Waals surface area (Å²) >= 11 is 0. The van der Waals surface area contributed by atoms with Crippen LogP contribution in [0.5, 0.6) is 11.5 Å². The Hall–Kier alpha value is -1.30. The molecule has 1 fully saturated rings. The maximum atomic E-state index is 5.54. The summed E-state index contributed by atoms with van der Waals surface area (Å²) < 4.78 is 16.2. The Morgan fingerprint density at radius 2 is 1.86 bits per heavy atom. The van der Waals surface area contributed by atoms with Crippen LogP contribution in [0.25, 0.3) is 0 Å². The van der Waals surface area contributed by atoms with E-state index in [-0.39, 0.29) is 0 Å². The Balaban J connectivity index is 2.12. The highest BCUT2D eigenvalue weighted by atomic mass is 16.5. The topological polar surface area (TPSA) is 43.0 Å². The second-order valence-corrected chi connectivity index (χ2v) is 5.27. The fourth-order valence-corrected chi connectivity index (χ4v) is 2.76. The molecule has 1 aliphatic rings. The molecule has 1 N–H and O–H groups in total. The van der Waals surface area contributed by atoms with E-state index in [4.69, 9.17) is 14.2 Å². The van der Waals surface area contributed by atoms with Crippen LogP contribution in [-0.2, 0) is 17.8 Å². The van der Waals surface area contributed by atoms with E-state index in [0.29, 0.717) is 6.61 Å². The smallest absolute Gasteiger partial charge is 0.163 e. The van der Waals surface area contributed by atoms with Crippen LogP contribution >= 0.6 is 0 Å². The number of nitrogens with one attached hydrogen (secondary N) is 1. The Labute approximate surface area is 127 Å². The van der Waals surface area contributed by atoms with Crippen molar-refractivity contribution in [3.8, 4) is 11.5 Å². The first-order valence-electron chi connectivity index (χ1n) is 7.44. The first kappa shape index (κ1) is 16.1. The van der Waals surface area contributed by atoms with E-state index >= 15 is 0 Å². The van der Waals surface area contributed by atoms with Crippen LogP contribution in [0, 0.1) is 0 Å². The average Bonchev–Trinajstić information content (AvgIpc) is 2.53. The number of piperazine rings is 1. The highest BCUT2D eigenvalue weighted by Crippen LogP contribution is 2.33. The third-order valence-electron chi connectivity index (χ3n) is 3.83. The van der Waals surface area contributed by atoms with Crippen molar-refractivity contribution >= 4 is 0 Å². The molecule has 0 saturated carbocycles. The molecule has 0 spiro atoms. The Morgan fingerprint density at radius 1 is 1.10 bits per heavy atom. The summed E-state index contributed by atoms with van der Waals surface area (Å²) in [5.74, 6) is 1.62. The molecule has 118 valence electrons. The molecule has 0 atom stereocenters. The maximum Gasteiger partial charge on any atom is 0.163 e. The van der Waals surface area contributed by atoms with Crippen molar-refractivity contribution in [2.75, 3.05) is 54.1 Å². The third kappa shape index (κ3) is 4.33. The summed E-state index contributed by atoms with van der Waals surface area (Å²) in [5.41, 5.74) is 2.30. The molecule has 5 nitrogen and oxygen atoms in total. The summed E-state index contributed by atoms with van der Waals surface area (Å²) in [5, 5.41) is 3.38. The fourth-order valence-electron chi connectivity index (χ4n) is 2.76. The molecule has 0 aliphatic carbocycles. The monoisotopic (exact) mass is 294 g/mol. The molecule has 0 bridgehead atoms. The zero-order valence-electron chi connectivity index (χ0n) is 13.3. The molecule has 0 unspecified atom stereocenters. The number of methoxy groups -OCH3 is 3. The Kier molecular flexibility index (Phi) is 6.29. The fraction of sp³-hybridized carbons (Fsp3) is 0.625. The number of hydrogen-bond donors (Lipinski definition) is 1. The third-order valence-corrected chi connectivity index (χ3v) is 3.83. The molecular formula is C16H26N2O3. The standard InChI is InChI=1S/C16H26N2O3/c1-19-12-13-10-14(16(21-3)15(11-13)20-2)4-7-18-8-5-17-6-9-18/h10-11,17H,4-9,12H2,1-3H3. The van der Waals surface area contributed by atoms with Gasteiger partial charge in [0, 0.05) is 39.8 Å². The van der Waals surface area contributed by atoms with Crippen LogP contribution in [0.4, 0.5) is 0 Å². The second kappa shape index (κ2) is 8.22. The Morgan fingerprint density at radius 3 is 2.48 bits per heavy atom. The number of nitrogens with zero attached hydrogens (tertiary/aromatic N) is 1. The van der Waals surface area contributed by atoms with Crippen molar-refractivity contribution in [3.05, 3.63) is 23.3 Å². The summed E-state index contributed by atoms with van der Waals surface area (Å²) in [6.45, 7) is 5.99. The van der Waals surface area contributed by atoms with Crippen molar-refractivity contribution in [1.29, 1.82) is 0 Å². The highest BCUT2D eigenvalue weighted by molar-refractivity contribution is 5.49. The van der Waals surface area contributed by atoms with E-state index in [1.54, 1.807) is 21.3 Å². The largest absolute Gasteiger partial charge is 0.493 e. The summed E-state index contributed by atoms with van der Waals surface area (Å²) in [7, 11) is 5.08. The first-order chi connectivity index (χ1) is 10.3. The number of ether oxygens (including phenoxy) is 3. The van der Waals surface area contributed by atoms with Gasteiger partial charge in [-0.2, -0.15) is 0 Å². The van der Waals surface area contributed by atoms with E-state index in [1.165, 1.54) is 5.56 Å². The van der Waals surface area contributed by atoms with Crippen LogP contribution in [0.2, 0.25) is 0 Å². The molecule has 1 aromatic carbocycles. The lowest BCUT2D eigenvalue weighted by molar-refractivity contribution is 0.184. The van der Waals surface area contributed by atoms with Gasteiger partial charge in [-0.05, 0) is 29.7 Å². The quantitative estimate of drug-likeness (QED) is 0.821. The van der Waals surface area contributed by atoms with Gasteiger partial charge in [-0.1, -0.05) is 0 Å². The lowest BCUT2D eigenvalue weighted by Crippen LogP contribution is -2.44. The van der Waals surface area contributed by atoms with Gasteiger partial charge in [-0.3, -0.25) is 0 Å². The number of rotatable bonds is 7. The van der Waals surface area contributed by atoms with Gasteiger partial charge in [0.05, 0.1) is 20.8 Å². The zero-order chi connectivity index (χ0) is 15.1. The predicted molar refractivity (Wildman–Crippen MR) is 83.3 cm³/mol. The molecule has 2 rings (SSSR count). The lowest BCUT2D eigenvalue weighted by atomic mass is 10.1. The summed E-state index contributed by atoms with van der Waals surface area (Å²) in [6.07, 6.45) is 0.955. The van der Waals surface area contributed by atoms with Crippen LogP contribution in [-0.4, -0.2) is 59.0 Å². The van der Waals surface area contributed by atoms with Crippen LogP contribution in [0.1, 0.15) is 11.1 Å². The van der Waals surface area contributed by atoms with Gasteiger partial charge in [0.2, 0.25) is 0 Å². The minimum absolute atomic E-state index is 0.584. The van der Waals surface area contributed by atoms with Crippen molar-refractivity contribution < 1.29 is 14.2 Å². The van der Waals surface area contributed by atoms with Gasteiger partial charge >= 0.3 is 0 Å². The van der Waals surface area contributed by atoms with E-state index in [9.17, 15) is 0 Å². The van der Waals surface area contributed by atoms with Crippen LogP contribution in [0.15, 0.2) is 12.1 Å². The van der Waals surface area contributed by atoms with Gasteiger partial charge in [0.25, 0.3) is 0 Å². The number of benzene rings is 1. The van der Waals surface area contributed by atoms with Crippen LogP contribution < -0.4 is 14.8 Å². The molecule has 0 amide bonds. The first-order valence-corrected chi connectivity index (χ1v) is 7.44. The van der Waals surface area contributed by atoms with Gasteiger partial charge in [-0.15, -0.1) is 0 Å². The van der Waals surface area contributed by atoms with Gasteiger partial charge in [0.1, 0.15) is 0 Å². The minimum atomic E-state index is 0.584. The number of hydrogen-bond acceptors (Lipinski definition) is 5. The molecule has 21 heavy (non-hydrogen) atoms. The molecule has 1 heterocycles. The molecule has 1 saturated heterocycles. The van der Waals surface area contributed by atoms with E-state index in [0.717, 1.165) is 56.2 Å². The molecule has 1 aromatic rings. The molecule has 5 heteroatoms.